The van der Waals surface area contributed by atoms with Crippen molar-refractivity contribution in [3.8, 4) is 0 Å². The highest BCUT2D eigenvalue weighted by Crippen LogP contribution is 1.87. The lowest BCUT2D eigenvalue weighted by molar-refractivity contribution is 0.157. The first-order chi connectivity index (χ1) is 5.70. The van der Waals surface area contributed by atoms with Crippen LogP contribution in [0.2, 0.25) is 0 Å². The molecule has 0 saturated carbocycles. The van der Waals surface area contributed by atoms with Crippen LogP contribution in [0.1, 0.15) is 13.8 Å². The fraction of sp³-hybridized carbons (Fsp3) is 1.00. The van der Waals surface area contributed by atoms with Crippen molar-refractivity contribution < 1.29 is 4.74 Å². The molecule has 0 rings (SSSR count). The Morgan fingerprint density at radius 1 is 1.50 bits per heavy atom. The Morgan fingerprint density at radius 2 is 2.17 bits per heavy atom. The van der Waals surface area contributed by atoms with Gasteiger partial charge in [0, 0.05) is 26.2 Å². The molecule has 1 atom stereocenters. The SMILES string of the molecule is CCNC(C)CN(C)CCOC. The third kappa shape index (κ3) is 6.58. The lowest BCUT2D eigenvalue weighted by Crippen LogP contribution is -2.38. The quantitative estimate of drug-likeness (QED) is 0.610. The smallest absolute Gasteiger partial charge is 0.0589 e. The van der Waals surface area contributed by atoms with Crippen molar-refractivity contribution in [3.05, 3.63) is 0 Å². The number of hydrogen-bond donors (Lipinski definition) is 1. The van der Waals surface area contributed by atoms with Crippen LogP contribution in [0, 0.1) is 0 Å². The van der Waals surface area contributed by atoms with Gasteiger partial charge in [-0.3, -0.25) is 0 Å². The van der Waals surface area contributed by atoms with Crippen molar-refractivity contribution >= 4 is 0 Å². The molecule has 1 N–H and O–H groups in total. The molecule has 0 bridgehead atoms. The van der Waals surface area contributed by atoms with Gasteiger partial charge in [0.2, 0.25) is 0 Å². The summed E-state index contributed by atoms with van der Waals surface area (Å²) in [4.78, 5) is 2.27. The molecule has 0 aromatic carbocycles. The van der Waals surface area contributed by atoms with Crippen molar-refractivity contribution in [2.24, 2.45) is 0 Å². The van der Waals surface area contributed by atoms with Gasteiger partial charge in [0.25, 0.3) is 0 Å². The normalized spacial score (nSPS) is 13.8. The second kappa shape index (κ2) is 7.53. The first kappa shape index (κ1) is 11.9. The summed E-state index contributed by atoms with van der Waals surface area (Å²) in [6.07, 6.45) is 0. The van der Waals surface area contributed by atoms with E-state index >= 15 is 0 Å². The van der Waals surface area contributed by atoms with E-state index in [0.29, 0.717) is 6.04 Å². The van der Waals surface area contributed by atoms with Gasteiger partial charge in [0.1, 0.15) is 0 Å². The fourth-order valence-electron chi connectivity index (χ4n) is 1.22. The summed E-state index contributed by atoms with van der Waals surface area (Å²) < 4.78 is 4.99. The number of likely N-dealkylation sites (N-methyl/N-ethyl adjacent to an activating group) is 2. The Labute approximate surface area is 76.1 Å². The standard InChI is InChI=1S/C9H22N2O/c1-5-10-9(2)8-11(3)6-7-12-4/h9-10H,5-8H2,1-4H3. The first-order valence-electron chi connectivity index (χ1n) is 4.61. The summed E-state index contributed by atoms with van der Waals surface area (Å²) in [5.74, 6) is 0. The largest absolute Gasteiger partial charge is 0.383 e. The number of nitrogens with one attached hydrogen (secondary N) is 1. The minimum Gasteiger partial charge on any atom is -0.383 e. The third-order valence-electron chi connectivity index (χ3n) is 1.82. The number of methoxy groups -OCH3 is 1. The summed E-state index contributed by atoms with van der Waals surface area (Å²) >= 11 is 0. The summed E-state index contributed by atoms with van der Waals surface area (Å²) in [7, 11) is 3.86. The van der Waals surface area contributed by atoms with Crippen molar-refractivity contribution in [1.82, 2.24) is 10.2 Å². The van der Waals surface area contributed by atoms with Gasteiger partial charge < -0.3 is 15.0 Å². The Bertz CT molecular complexity index is 98.5. The van der Waals surface area contributed by atoms with Gasteiger partial charge in [-0.2, -0.15) is 0 Å². The molecule has 0 heterocycles. The van der Waals surface area contributed by atoms with Crippen LogP contribution < -0.4 is 5.32 Å². The Hall–Kier alpha value is -0.120. The minimum absolute atomic E-state index is 0.567. The molecule has 0 aliphatic carbocycles. The third-order valence-corrected chi connectivity index (χ3v) is 1.82. The maximum absolute atomic E-state index is 4.99. The van der Waals surface area contributed by atoms with Gasteiger partial charge in [-0.15, -0.1) is 0 Å². The van der Waals surface area contributed by atoms with Crippen molar-refractivity contribution in [2.45, 2.75) is 19.9 Å². The lowest BCUT2D eigenvalue weighted by Gasteiger charge is -2.21. The zero-order valence-electron chi connectivity index (χ0n) is 8.76. The predicted molar refractivity (Wildman–Crippen MR) is 52.5 cm³/mol. The maximum Gasteiger partial charge on any atom is 0.0589 e. The van der Waals surface area contributed by atoms with Crippen LogP contribution >= 0.6 is 0 Å². The van der Waals surface area contributed by atoms with Crippen LogP contribution in [0.5, 0.6) is 0 Å². The first-order valence-corrected chi connectivity index (χ1v) is 4.61. The zero-order valence-corrected chi connectivity index (χ0v) is 8.76. The number of nitrogens with zero attached hydrogens (tertiary/aromatic N) is 1. The van der Waals surface area contributed by atoms with E-state index in [0.717, 1.165) is 26.2 Å². The molecule has 3 nitrogen and oxygen atoms in total. The molecule has 0 saturated heterocycles. The summed E-state index contributed by atoms with van der Waals surface area (Å²) in [5.41, 5.74) is 0. The molecule has 74 valence electrons. The van der Waals surface area contributed by atoms with Crippen molar-refractivity contribution in [3.63, 3.8) is 0 Å². The number of hydrogen-bond acceptors (Lipinski definition) is 3. The molecule has 0 aromatic heterocycles. The predicted octanol–water partition coefficient (Wildman–Crippen LogP) is 0.563. The van der Waals surface area contributed by atoms with Crippen LogP contribution in [0.4, 0.5) is 0 Å². The van der Waals surface area contributed by atoms with E-state index < -0.39 is 0 Å². The molecular weight excluding hydrogens is 152 g/mol. The van der Waals surface area contributed by atoms with Gasteiger partial charge in [0.05, 0.1) is 6.61 Å². The second-order valence-corrected chi connectivity index (χ2v) is 3.21. The van der Waals surface area contributed by atoms with Crippen molar-refractivity contribution in [1.29, 1.82) is 0 Å². The molecule has 1 unspecified atom stereocenters. The summed E-state index contributed by atoms with van der Waals surface area (Å²) in [6, 6.07) is 0.567. The molecule has 0 amide bonds. The molecule has 3 heteroatoms. The number of rotatable bonds is 7. The highest BCUT2D eigenvalue weighted by Gasteiger charge is 2.03. The molecule has 0 aromatic rings. The van der Waals surface area contributed by atoms with Crippen molar-refractivity contribution in [2.75, 3.05) is 40.4 Å². The lowest BCUT2D eigenvalue weighted by atomic mass is 10.3. The van der Waals surface area contributed by atoms with Crippen LogP contribution in [0.25, 0.3) is 0 Å². The van der Waals surface area contributed by atoms with E-state index in [1.807, 2.05) is 0 Å². The van der Waals surface area contributed by atoms with Gasteiger partial charge in [-0.25, -0.2) is 0 Å². The van der Waals surface area contributed by atoms with Gasteiger partial charge in [0.15, 0.2) is 0 Å². The zero-order chi connectivity index (χ0) is 9.40. The van der Waals surface area contributed by atoms with E-state index in [-0.39, 0.29) is 0 Å². The van der Waals surface area contributed by atoms with E-state index in [2.05, 4.69) is 31.1 Å². The van der Waals surface area contributed by atoms with E-state index in [1.54, 1.807) is 7.11 Å². The molecule has 0 radical (unpaired) electrons. The van der Waals surface area contributed by atoms with Gasteiger partial charge in [-0.05, 0) is 20.5 Å². The van der Waals surface area contributed by atoms with Gasteiger partial charge in [-0.1, -0.05) is 6.92 Å². The van der Waals surface area contributed by atoms with E-state index in [9.17, 15) is 0 Å². The summed E-state index contributed by atoms with van der Waals surface area (Å²) in [6.45, 7) is 8.27. The molecule has 0 aliphatic rings. The fourth-order valence-corrected chi connectivity index (χ4v) is 1.22. The topological polar surface area (TPSA) is 24.5 Å². The Kier molecular flexibility index (Phi) is 7.45. The average Bonchev–Trinajstić information content (AvgIpc) is 2.01. The molecule has 0 aliphatic heterocycles. The molecule has 12 heavy (non-hydrogen) atoms. The van der Waals surface area contributed by atoms with Crippen LogP contribution in [-0.4, -0.2) is 51.3 Å². The minimum atomic E-state index is 0.567. The molecule has 0 spiro atoms. The van der Waals surface area contributed by atoms with Crippen LogP contribution in [0.3, 0.4) is 0 Å². The maximum atomic E-state index is 4.99. The van der Waals surface area contributed by atoms with E-state index in [4.69, 9.17) is 4.74 Å². The highest BCUT2D eigenvalue weighted by atomic mass is 16.5. The van der Waals surface area contributed by atoms with Gasteiger partial charge >= 0.3 is 0 Å². The van der Waals surface area contributed by atoms with Crippen LogP contribution in [-0.2, 0) is 4.74 Å². The Balaban J connectivity index is 3.33. The Morgan fingerprint density at radius 3 is 2.67 bits per heavy atom. The average molecular weight is 174 g/mol. The second-order valence-electron chi connectivity index (χ2n) is 3.21. The number of ether oxygens (including phenoxy) is 1. The highest BCUT2D eigenvalue weighted by molar-refractivity contribution is 4.63. The van der Waals surface area contributed by atoms with E-state index in [1.165, 1.54) is 0 Å². The molecule has 0 fully saturated rings. The molecular formula is C9H22N2O. The summed E-state index contributed by atoms with van der Waals surface area (Å²) in [5, 5.41) is 3.37. The monoisotopic (exact) mass is 174 g/mol. The van der Waals surface area contributed by atoms with Crippen LogP contribution in [0.15, 0.2) is 0 Å².